The summed E-state index contributed by atoms with van der Waals surface area (Å²) in [6.45, 7) is 2.82. The fourth-order valence-electron chi connectivity index (χ4n) is 12.4. The van der Waals surface area contributed by atoms with E-state index in [9.17, 15) is 45.6 Å². The molecule has 0 aromatic carbocycles. The first kappa shape index (κ1) is 84.0. The molecule has 0 spiro atoms. The van der Waals surface area contributed by atoms with Crippen molar-refractivity contribution in [1.82, 2.24) is 5.32 Å². The minimum atomic E-state index is -1.79. The minimum Gasteiger partial charge on any atom is -0.394 e. The van der Waals surface area contributed by atoms with E-state index >= 15 is 0 Å². The number of nitrogens with one attached hydrogen (secondary N) is 1. The average molecular weight is 1280 g/mol. The fourth-order valence-corrected chi connectivity index (χ4v) is 12.4. The van der Waals surface area contributed by atoms with E-state index < -0.39 is 86.8 Å². The van der Waals surface area contributed by atoms with Crippen LogP contribution in [0.2, 0.25) is 0 Å². The maximum Gasteiger partial charge on any atom is 0.220 e. The summed E-state index contributed by atoms with van der Waals surface area (Å²) < 4.78 is 22.9. The first-order valence-corrected chi connectivity index (χ1v) is 37.9. The van der Waals surface area contributed by atoms with Gasteiger partial charge in [-0.25, -0.2) is 0 Å². The van der Waals surface area contributed by atoms with Crippen molar-refractivity contribution in [3.05, 3.63) is 48.6 Å². The van der Waals surface area contributed by atoms with Crippen LogP contribution < -0.4 is 5.32 Å². The average Bonchev–Trinajstić information content (AvgIpc) is 1.41. The van der Waals surface area contributed by atoms with Crippen molar-refractivity contribution < 1.29 is 64.6 Å². The number of hydrogen-bond donors (Lipinski definition) is 9. The zero-order chi connectivity index (χ0) is 65.2. The van der Waals surface area contributed by atoms with Crippen molar-refractivity contribution in [2.24, 2.45) is 0 Å². The van der Waals surface area contributed by atoms with Crippen LogP contribution >= 0.6 is 0 Å². The Morgan fingerprint density at radius 2 is 0.711 bits per heavy atom. The smallest absolute Gasteiger partial charge is 0.220 e. The molecule has 12 atom stereocenters. The second-order valence-electron chi connectivity index (χ2n) is 26.8. The molecule has 0 aliphatic carbocycles. The van der Waals surface area contributed by atoms with E-state index in [0.717, 1.165) is 44.9 Å². The highest BCUT2D eigenvalue weighted by atomic mass is 16.7. The van der Waals surface area contributed by atoms with Gasteiger partial charge in [0.1, 0.15) is 48.8 Å². The molecular formula is C76H141NO13. The van der Waals surface area contributed by atoms with Gasteiger partial charge in [0.25, 0.3) is 0 Å². The SMILES string of the molecule is CCCCCCCCCC/C=C\CCCCCCCCCCCCCCCCCCCCCCCC(=O)NC(COC1OC(CO)C(OC2OC(CO)C(O)C(O)C2O)C(O)C1O)C(O)/C=C/CC/C=C/CC/C=C/CCCCCCCCCCCCCCC. The van der Waals surface area contributed by atoms with Gasteiger partial charge >= 0.3 is 0 Å². The Hall–Kier alpha value is -2.05. The second-order valence-corrected chi connectivity index (χ2v) is 26.8. The summed E-state index contributed by atoms with van der Waals surface area (Å²) in [7, 11) is 0. The van der Waals surface area contributed by atoms with Crippen LogP contribution in [0.25, 0.3) is 0 Å². The molecule has 0 aromatic heterocycles. The molecule has 2 fully saturated rings. The van der Waals surface area contributed by atoms with Crippen molar-refractivity contribution in [3.63, 3.8) is 0 Å². The quantitative estimate of drug-likeness (QED) is 0.0204. The Balaban J connectivity index is 1.64. The molecule has 0 saturated carbocycles. The number of aliphatic hydroxyl groups is 8. The molecule has 12 unspecified atom stereocenters. The van der Waals surface area contributed by atoms with Crippen LogP contribution in [-0.2, 0) is 23.7 Å². The number of carbonyl (C=O) groups is 1. The van der Waals surface area contributed by atoms with Crippen molar-refractivity contribution in [3.8, 4) is 0 Å². The molecule has 14 heteroatoms. The van der Waals surface area contributed by atoms with Gasteiger partial charge < -0.3 is 65.1 Å². The summed E-state index contributed by atoms with van der Waals surface area (Å²) in [4.78, 5) is 13.3. The topological polar surface area (TPSA) is 228 Å². The highest BCUT2D eigenvalue weighted by Gasteiger charge is 2.51. The third-order valence-corrected chi connectivity index (χ3v) is 18.5. The molecule has 2 heterocycles. The van der Waals surface area contributed by atoms with Crippen LogP contribution in [0.3, 0.4) is 0 Å². The molecule has 2 saturated heterocycles. The number of aliphatic hydroxyl groups excluding tert-OH is 8. The molecule has 9 N–H and O–H groups in total. The fraction of sp³-hybridized carbons (Fsp3) is 0.882. The second kappa shape index (κ2) is 60.6. The predicted molar refractivity (Wildman–Crippen MR) is 369 cm³/mol. The lowest BCUT2D eigenvalue weighted by atomic mass is 9.97. The zero-order valence-corrected chi connectivity index (χ0v) is 57.6. The van der Waals surface area contributed by atoms with Crippen LogP contribution in [0.4, 0.5) is 0 Å². The third kappa shape index (κ3) is 43.8. The van der Waals surface area contributed by atoms with E-state index in [1.807, 2.05) is 6.08 Å². The number of carbonyl (C=O) groups excluding carboxylic acids is 1. The Labute approximate surface area is 550 Å². The van der Waals surface area contributed by atoms with Gasteiger partial charge in [-0.2, -0.15) is 0 Å². The summed E-state index contributed by atoms with van der Waals surface area (Å²) >= 11 is 0. The van der Waals surface area contributed by atoms with Crippen molar-refractivity contribution in [2.45, 2.75) is 408 Å². The number of unbranched alkanes of at least 4 members (excludes halogenated alkanes) is 44. The first-order valence-electron chi connectivity index (χ1n) is 37.9. The molecule has 2 rings (SSSR count). The number of hydrogen-bond acceptors (Lipinski definition) is 13. The van der Waals surface area contributed by atoms with Crippen LogP contribution in [0.1, 0.15) is 335 Å². The highest BCUT2D eigenvalue weighted by Crippen LogP contribution is 2.30. The molecular weight excluding hydrogens is 1130 g/mol. The normalized spacial score (nSPS) is 23.1. The summed E-state index contributed by atoms with van der Waals surface area (Å²) in [5.74, 6) is -0.247. The number of allylic oxidation sites excluding steroid dienone is 7. The van der Waals surface area contributed by atoms with Crippen molar-refractivity contribution in [2.75, 3.05) is 19.8 Å². The van der Waals surface area contributed by atoms with Gasteiger partial charge in [-0.3, -0.25) is 4.79 Å². The van der Waals surface area contributed by atoms with E-state index in [-0.39, 0.29) is 18.9 Å². The Kier molecular flexibility index (Phi) is 56.6. The Bertz CT molecular complexity index is 1690. The lowest BCUT2D eigenvalue weighted by molar-refractivity contribution is -0.359. The summed E-state index contributed by atoms with van der Waals surface area (Å²) in [5, 5.41) is 87.5. The Morgan fingerprint density at radius 1 is 0.389 bits per heavy atom. The molecule has 1 amide bonds. The maximum absolute atomic E-state index is 13.3. The van der Waals surface area contributed by atoms with E-state index in [0.29, 0.717) is 12.8 Å². The molecule has 0 bridgehead atoms. The van der Waals surface area contributed by atoms with E-state index in [2.05, 4.69) is 55.6 Å². The molecule has 90 heavy (non-hydrogen) atoms. The molecule has 0 aromatic rings. The minimum absolute atomic E-state index is 0.247. The van der Waals surface area contributed by atoms with Gasteiger partial charge in [0.05, 0.1) is 32.0 Å². The van der Waals surface area contributed by atoms with Crippen LogP contribution in [0.15, 0.2) is 48.6 Å². The molecule has 2 aliphatic heterocycles. The summed E-state index contributed by atoms with van der Waals surface area (Å²) in [5.41, 5.74) is 0. The van der Waals surface area contributed by atoms with Crippen molar-refractivity contribution >= 4 is 5.91 Å². The van der Waals surface area contributed by atoms with Gasteiger partial charge in [-0.05, 0) is 70.6 Å². The number of rotatable bonds is 63. The molecule has 2 aliphatic rings. The van der Waals surface area contributed by atoms with Crippen molar-refractivity contribution in [1.29, 1.82) is 0 Å². The lowest BCUT2D eigenvalue weighted by Crippen LogP contribution is -2.65. The van der Waals surface area contributed by atoms with Crippen LogP contribution in [0.5, 0.6) is 0 Å². The van der Waals surface area contributed by atoms with Gasteiger partial charge in [0.15, 0.2) is 12.6 Å². The van der Waals surface area contributed by atoms with Gasteiger partial charge in [-0.15, -0.1) is 0 Å². The third-order valence-electron chi connectivity index (χ3n) is 18.5. The van der Waals surface area contributed by atoms with Crippen LogP contribution in [0, 0.1) is 0 Å². The number of amides is 1. The monoisotopic (exact) mass is 1280 g/mol. The van der Waals surface area contributed by atoms with Gasteiger partial charge in [0.2, 0.25) is 5.91 Å². The largest absolute Gasteiger partial charge is 0.394 e. The van der Waals surface area contributed by atoms with E-state index in [1.54, 1.807) is 6.08 Å². The molecule has 14 nitrogen and oxygen atoms in total. The standard InChI is InChI=1S/C76H141NO13/c1-3-5-7-9-11-13-15-17-19-21-23-25-27-28-29-30-31-32-33-34-35-36-38-40-42-44-46-48-50-52-54-56-58-60-68(81)77-64(63-87-75-73(86)71(84)74(67(62-79)89-75)90-76-72(85)70(83)69(82)66(61-78)88-76)65(80)59-57-55-53-51-49-47-45-43-41-39-37-26-24-22-20-18-16-14-12-10-8-6-4-2/h21,23,41,43,49,51,57,59,64-67,69-76,78-80,82-86H,3-20,22,24-40,42,44-48,50,52-56,58,60-63H2,1-2H3,(H,77,81)/b23-21-,43-41+,51-49+,59-57+. The van der Waals surface area contributed by atoms with E-state index in [1.165, 1.54) is 257 Å². The first-order chi connectivity index (χ1) is 44.1. The van der Waals surface area contributed by atoms with Crippen LogP contribution in [-0.4, -0.2) is 140 Å². The summed E-state index contributed by atoms with van der Waals surface area (Å²) in [6, 6.07) is -0.939. The molecule has 0 radical (unpaired) electrons. The van der Waals surface area contributed by atoms with Gasteiger partial charge in [0, 0.05) is 6.42 Å². The maximum atomic E-state index is 13.3. The summed E-state index contributed by atoms with van der Waals surface area (Å²) in [6.07, 6.45) is 63.3. The highest BCUT2D eigenvalue weighted by molar-refractivity contribution is 5.76. The van der Waals surface area contributed by atoms with Gasteiger partial charge in [-0.1, -0.05) is 306 Å². The Morgan fingerprint density at radius 3 is 1.09 bits per heavy atom. The zero-order valence-electron chi connectivity index (χ0n) is 57.6. The molecule has 528 valence electrons. The lowest BCUT2D eigenvalue weighted by Gasteiger charge is -2.46. The number of ether oxygens (including phenoxy) is 4. The van der Waals surface area contributed by atoms with E-state index in [4.69, 9.17) is 18.9 Å². The predicted octanol–water partition coefficient (Wildman–Crippen LogP) is 16.2.